The Labute approximate surface area is 154 Å². The van der Waals surface area contributed by atoms with Crippen LogP contribution >= 0.6 is 0 Å². The number of aldehydes is 2. The molecule has 0 saturated heterocycles. The standard InChI is InChI=1S/C15H14O2.C8H8O/c1-12-5-7-13(8-6-12)11-17-15-4-2-3-14(9-15)10-16;1-7-2-4-8(6-9)5-3-7/h2-10H,11H2,1H3;2-6H,1H3. The number of carbonyl (C=O) groups excluding carboxylic acids is 2. The molecule has 3 aromatic rings. The van der Waals surface area contributed by atoms with Crippen molar-refractivity contribution < 1.29 is 14.3 Å². The molecule has 0 bridgehead atoms. The summed E-state index contributed by atoms with van der Waals surface area (Å²) in [5.74, 6) is 0.718. The maximum Gasteiger partial charge on any atom is 0.150 e. The molecule has 0 heterocycles. The Morgan fingerprint density at radius 3 is 1.88 bits per heavy atom. The van der Waals surface area contributed by atoms with Gasteiger partial charge in [0.15, 0.2) is 0 Å². The summed E-state index contributed by atoms with van der Waals surface area (Å²) >= 11 is 0. The molecular formula is C23H22O3. The number of ether oxygens (including phenoxy) is 1. The minimum absolute atomic E-state index is 0.516. The molecular weight excluding hydrogens is 324 g/mol. The zero-order chi connectivity index (χ0) is 18.8. The molecule has 0 N–H and O–H groups in total. The molecule has 3 rings (SSSR count). The molecule has 0 atom stereocenters. The molecule has 0 aliphatic rings. The van der Waals surface area contributed by atoms with Crippen molar-refractivity contribution in [3.63, 3.8) is 0 Å². The summed E-state index contributed by atoms with van der Waals surface area (Å²) in [6, 6.07) is 22.8. The second-order valence-corrected chi connectivity index (χ2v) is 5.99. The van der Waals surface area contributed by atoms with Gasteiger partial charge in [0.2, 0.25) is 0 Å². The lowest BCUT2D eigenvalue weighted by Crippen LogP contribution is -1.95. The SMILES string of the molecule is Cc1ccc(C=O)cc1.Cc1ccc(COc2cccc(C=O)c2)cc1. The second-order valence-electron chi connectivity index (χ2n) is 5.99. The topological polar surface area (TPSA) is 43.4 Å². The predicted octanol–water partition coefficient (Wildman–Crippen LogP) is 5.19. The summed E-state index contributed by atoms with van der Waals surface area (Å²) in [5.41, 5.74) is 4.90. The van der Waals surface area contributed by atoms with Gasteiger partial charge >= 0.3 is 0 Å². The van der Waals surface area contributed by atoms with Crippen molar-refractivity contribution in [2.24, 2.45) is 0 Å². The van der Waals surface area contributed by atoms with E-state index in [0.29, 0.717) is 12.2 Å². The average molecular weight is 346 g/mol. The fourth-order valence-electron chi connectivity index (χ4n) is 2.17. The van der Waals surface area contributed by atoms with Crippen LogP contribution in [0.15, 0.2) is 72.8 Å². The number of benzene rings is 3. The molecule has 0 unspecified atom stereocenters. The Kier molecular flexibility index (Phi) is 7.31. The quantitative estimate of drug-likeness (QED) is 0.597. The zero-order valence-corrected chi connectivity index (χ0v) is 15.0. The van der Waals surface area contributed by atoms with Crippen molar-refractivity contribution in [3.05, 3.63) is 101 Å². The van der Waals surface area contributed by atoms with Gasteiger partial charge < -0.3 is 4.74 Å². The monoisotopic (exact) mass is 346 g/mol. The first-order chi connectivity index (χ1) is 12.6. The van der Waals surface area contributed by atoms with Gasteiger partial charge in [-0.3, -0.25) is 9.59 Å². The Balaban J connectivity index is 0.000000228. The summed E-state index contributed by atoms with van der Waals surface area (Å²) in [5, 5.41) is 0. The third-order valence-corrected chi connectivity index (χ3v) is 3.73. The summed E-state index contributed by atoms with van der Waals surface area (Å²) in [4.78, 5) is 20.7. The van der Waals surface area contributed by atoms with E-state index < -0.39 is 0 Å². The van der Waals surface area contributed by atoms with Crippen molar-refractivity contribution in [1.29, 1.82) is 0 Å². The van der Waals surface area contributed by atoms with Gasteiger partial charge in [0.25, 0.3) is 0 Å². The van der Waals surface area contributed by atoms with Gasteiger partial charge in [0.05, 0.1) is 0 Å². The van der Waals surface area contributed by atoms with Crippen LogP contribution in [0.2, 0.25) is 0 Å². The van der Waals surface area contributed by atoms with Crippen LogP contribution in [0.5, 0.6) is 5.75 Å². The lowest BCUT2D eigenvalue weighted by molar-refractivity contribution is 0.111. The molecule has 3 aromatic carbocycles. The van der Waals surface area contributed by atoms with Crippen molar-refractivity contribution in [2.45, 2.75) is 20.5 Å². The highest BCUT2D eigenvalue weighted by atomic mass is 16.5. The third-order valence-electron chi connectivity index (χ3n) is 3.73. The predicted molar refractivity (Wildman–Crippen MR) is 104 cm³/mol. The summed E-state index contributed by atoms with van der Waals surface area (Å²) in [7, 11) is 0. The molecule has 26 heavy (non-hydrogen) atoms. The molecule has 132 valence electrons. The van der Waals surface area contributed by atoms with Crippen LogP contribution in [0.1, 0.15) is 37.4 Å². The van der Waals surface area contributed by atoms with E-state index in [1.165, 1.54) is 11.1 Å². The number of carbonyl (C=O) groups is 2. The van der Waals surface area contributed by atoms with E-state index in [2.05, 4.69) is 19.1 Å². The molecule has 0 aromatic heterocycles. The molecule has 0 radical (unpaired) electrons. The Hall–Kier alpha value is -3.20. The third kappa shape index (κ3) is 6.36. The number of hydrogen-bond acceptors (Lipinski definition) is 3. The van der Waals surface area contributed by atoms with Gasteiger partial charge in [-0.1, -0.05) is 71.8 Å². The first kappa shape index (κ1) is 19.1. The van der Waals surface area contributed by atoms with Crippen molar-refractivity contribution in [2.75, 3.05) is 0 Å². The number of hydrogen-bond donors (Lipinski definition) is 0. The molecule has 0 aliphatic carbocycles. The average Bonchev–Trinajstić information content (AvgIpc) is 2.69. The molecule has 0 spiro atoms. The largest absolute Gasteiger partial charge is 0.489 e. The van der Waals surface area contributed by atoms with Crippen molar-refractivity contribution in [3.8, 4) is 5.75 Å². The maximum absolute atomic E-state index is 10.6. The highest BCUT2D eigenvalue weighted by Gasteiger charge is 1.97. The highest BCUT2D eigenvalue weighted by Crippen LogP contribution is 2.14. The Bertz CT molecular complexity index is 834. The van der Waals surface area contributed by atoms with Gasteiger partial charge in [-0.15, -0.1) is 0 Å². The van der Waals surface area contributed by atoms with Gasteiger partial charge in [0.1, 0.15) is 24.9 Å². The Morgan fingerprint density at radius 2 is 1.31 bits per heavy atom. The summed E-state index contributed by atoms with van der Waals surface area (Å²) < 4.78 is 5.62. The lowest BCUT2D eigenvalue weighted by atomic mass is 10.2. The van der Waals surface area contributed by atoms with Crippen LogP contribution in [0.3, 0.4) is 0 Å². The zero-order valence-electron chi connectivity index (χ0n) is 15.0. The fourth-order valence-corrected chi connectivity index (χ4v) is 2.17. The molecule has 3 nitrogen and oxygen atoms in total. The van der Waals surface area contributed by atoms with E-state index >= 15 is 0 Å². The molecule has 0 fully saturated rings. The van der Waals surface area contributed by atoms with E-state index in [9.17, 15) is 9.59 Å². The van der Waals surface area contributed by atoms with Crippen LogP contribution in [0.25, 0.3) is 0 Å². The molecule has 0 amide bonds. The van der Waals surface area contributed by atoms with Gasteiger partial charge in [-0.25, -0.2) is 0 Å². The normalized spacial score (nSPS) is 9.62. The van der Waals surface area contributed by atoms with Crippen LogP contribution in [0, 0.1) is 13.8 Å². The highest BCUT2D eigenvalue weighted by molar-refractivity contribution is 5.75. The summed E-state index contributed by atoms with van der Waals surface area (Å²) in [6.45, 7) is 4.56. The minimum atomic E-state index is 0.516. The smallest absolute Gasteiger partial charge is 0.150 e. The molecule has 0 saturated carbocycles. The lowest BCUT2D eigenvalue weighted by Gasteiger charge is -2.06. The van der Waals surface area contributed by atoms with Gasteiger partial charge in [-0.05, 0) is 31.5 Å². The van der Waals surface area contributed by atoms with Crippen LogP contribution in [-0.2, 0) is 6.61 Å². The van der Waals surface area contributed by atoms with E-state index in [1.54, 1.807) is 12.1 Å². The van der Waals surface area contributed by atoms with E-state index in [1.807, 2.05) is 55.5 Å². The van der Waals surface area contributed by atoms with E-state index in [-0.39, 0.29) is 0 Å². The van der Waals surface area contributed by atoms with E-state index in [4.69, 9.17) is 4.74 Å². The Morgan fingerprint density at radius 1 is 0.731 bits per heavy atom. The van der Waals surface area contributed by atoms with Gasteiger partial charge in [-0.2, -0.15) is 0 Å². The van der Waals surface area contributed by atoms with Crippen LogP contribution in [0.4, 0.5) is 0 Å². The van der Waals surface area contributed by atoms with Crippen molar-refractivity contribution in [1.82, 2.24) is 0 Å². The maximum atomic E-state index is 10.6. The van der Waals surface area contributed by atoms with Crippen molar-refractivity contribution >= 4 is 12.6 Å². The van der Waals surface area contributed by atoms with Crippen LogP contribution < -0.4 is 4.74 Å². The fraction of sp³-hybridized carbons (Fsp3) is 0.130. The van der Waals surface area contributed by atoms with E-state index in [0.717, 1.165) is 29.4 Å². The first-order valence-corrected chi connectivity index (χ1v) is 8.36. The minimum Gasteiger partial charge on any atom is -0.489 e. The number of aryl methyl sites for hydroxylation is 2. The first-order valence-electron chi connectivity index (χ1n) is 8.36. The second kappa shape index (κ2) is 9.94. The van der Waals surface area contributed by atoms with Gasteiger partial charge in [0, 0.05) is 11.1 Å². The molecule has 3 heteroatoms. The van der Waals surface area contributed by atoms with Crippen LogP contribution in [-0.4, -0.2) is 12.6 Å². The summed E-state index contributed by atoms with van der Waals surface area (Å²) in [6.07, 6.45) is 1.66. The molecule has 0 aliphatic heterocycles. The number of rotatable bonds is 5.